The van der Waals surface area contributed by atoms with Crippen molar-refractivity contribution in [3.8, 4) is 5.75 Å². The lowest BCUT2D eigenvalue weighted by Gasteiger charge is -2.24. The van der Waals surface area contributed by atoms with E-state index in [1.54, 1.807) is 22.3 Å². The van der Waals surface area contributed by atoms with E-state index < -0.39 is 10.0 Å². The summed E-state index contributed by atoms with van der Waals surface area (Å²) in [6, 6.07) is 7.71. The molecule has 0 radical (unpaired) electrons. The maximum atomic E-state index is 13.3. The summed E-state index contributed by atoms with van der Waals surface area (Å²) in [6.07, 6.45) is 6.55. The van der Waals surface area contributed by atoms with Crippen LogP contribution in [0.1, 0.15) is 43.3 Å². The molecular formula is C19H25N3O4S. The largest absolute Gasteiger partial charge is 0.497 e. The van der Waals surface area contributed by atoms with Crippen LogP contribution < -0.4 is 4.74 Å². The van der Waals surface area contributed by atoms with Gasteiger partial charge in [0.25, 0.3) is 0 Å². The highest BCUT2D eigenvalue weighted by molar-refractivity contribution is 7.89. The van der Waals surface area contributed by atoms with E-state index in [0.717, 1.165) is 37.0 Å². The molecule has 0 aliphatic carbocycles. The lowest BCUT2D eigenvalue weighted by molar-refractivity contribution is 0.0662. The number of nitrogens with zero attached hydrogens (tertiary/aromatic N) is 3. The Bertz CT molecular complexity index is 873. The minimum Gasteiger partial charge on any atom is -0.497 e. The average molecular weight is 391 g/mol. The molecule has 3 heterocycles. The van der Waals surface area contributed by atoms with Gasteiger partial charge in [0.1, 0.15) is 10.6 Å². The fourth-order valence-corrected chi connectivity index (χ4v) is 5.55. The van der Waals surface area contributed by atoms with E-state index in [1.165, 1.54) is 6.20 Å². The number of benzene rings is 1. The zero-order valence-corrected chi connectivity index (χ0v) is 16.3. The third-order valence-electron chi connectivity index (χ3n) is 5.45. The zero-order chi connectivity index (χ0) is 18.9. The summed E-state index contributed by atoms with van der Waals surface area (Å²) in [5, 5.41) is 4.34. The van der Waals surface area contributed by atoms with Gasteiger partial charge in [0, 0.05) is 26.0 Å². The lowest BCUT2D eigenvalue weighted by atomic mass is 10.1. The van der Waals surface area contributed by atoms with E-state index in [9.17, 15) is 8.42 Å². The molecule has 2 fully saturated rings. The number of sulfonamides is 1. The molecule has 0 saturated carbocycles. The van der Waals surface area contributed by atoms with Gasteiger partial charge in [-0.15, -0.1) is 0 Å². The van der Waals surface area contributed by atoms with Crippen LogP contribution in [0.15, 0.2) is 41.6 Å². The van der Waals surface area contributed by atoms with Crippen LogP contribution in [0.25, 0.3) is 0 Å². The highest BCUT2D eigenvalue weighted by atomic mass is 32.2. The highest BCUT2D eigenvalue weighted by Crippen LogP contribution is 2.37. The minimum absolute atomic E-state index is 0.146. The molecule has 0 amide bonds. The highest BCUT2D eigenvalue weighted by Gasteiger charge is 2.37. The number of methoxy groups -OCH3 is 1. The number of ether oxygens (including phenoxy) is 2. The molecular weight excluding hydrogens is 366 g/mol. The first-order valence-electron chi connectivity index (χ1n) is 9.37. The molecule has 4 rings (SSSR count). The van der Waals surface area contributed by atoms with E-state index in [1.807, 2.05) is 24.3 Å². The molecule has 1 aromatic heterocycles. The van der Waals surface area contributed by atoms with E-state index in [4.69, 9.17) is 9.47 Å². The topological polar surface area (TPSA) is 73.7 Å². The van der Waals surface area contributed by atoms with Crippen molar-refractivity contribution in [2.45, 2.75) is 42.7 Å². The van der Waals surface area contributed by atoms with Crippen LogP contribution in [0.5, 0.6) is 5.75 Å². The maximum Gasteiger partial charge on any atom is 0.246 e. The number of hydrogen-bond acceptors (Lipinski definition) is 5. The Balaban J connectivity index is 1.57. The Morgan fingerprint density at radius 1 is 1.15 bits per heavy atom. The summed E-state index contributed by atoms with van der Waals surface area (Å²) < 4.78 is 40.5. The Labute approximate surface area is 159 Å². The van der Waals surface area contributed by atoms with E-state index >= 15 is 0 Å². The van der Waals surface area contributed by atoms with Crippen molar-refractivity contribution in [3.05, 3.63) is 42.2 Å². The second kappa shape index (κ2) is 7.61. The number of aromatic nitrogens is 2. The first-order valence-corrected chi connectivity index (χ1v) is 10.8. The molecule has 0 spiro atoms. The van der Waals surface area contributed by atoms with Crippen LogP contribution in [0.2, 0.25) is 0 Å². The van der Waals surface area contributed by atoms with Crippen LogP contribution in [-0.2, 0) is 14.8 Å². The molecule has 0 bridgehead atoms. The maximum absolute atomic E-state index is 13.3. The first kappa shape index (κ1) is 18.5. The van der Waals surface area contributed by atoms with Gasteiger partial charge in [-0.1, -0.05) is 12.1 Å². The van der Waals surface area contributed by atoms with Crippen molar-refractivity contribution >= 4 is 10.0 Å². The molecule has 1 aromatic carbocycles. The molecule has 0 N–H and O–H groups in total. The lowest BCUT2D eigenvalue weighted by Crippen LogP contribution is -2.30. The van der Waals surface area contributed by atoms with Gasteiger partial charge in [0.05, 0.1) is 25.4 Å². The molecule has 146 valence electrons. The number of rotatable bonds is 5. The fourth-order valence-electron chi connectivity index (χ4n) is 3.93. The van der Waals surface area contributed by atoms with E-state index in [2.05, 4.69) is 5.10 Å². The summed E-state index contributed by atoms with van der Waals surface area (Å²) >= 11 is 0. The summed E-state index contributed by atoms with van der Waals surface area (Å²) in [7, 11) is -1.96. The average Bonchev–Trinajstić information content (AvgIpc) is 3.39. The first-order chi connectivity index (χ1) is 13.1. The molecule has 8 heteroatoms. The van der Waals surface area contributed by atoms with Gasteiger partial charge < -0.3 is 9.47 Å². The molecule has 2 aliphatic rings. The second-order valence-electron chi connectivity index (χ2n) is 7.05. The third kappa shape index (κ3) is 3.61. The Morgan fingerprint density at radius 3 is 2.59 bits per heavy atom. The quantitative estimate of drug-likeness (QED) is 0.784. The molecule has 7 nitrogen and oxygen atoms in total. The van der Waals surface area contributed by atoms with Crippen LogP contribution in [0.3, 0.4) is 0 Å². The van der Waals surface area contributed by atoms with Gasteiger partial charge >= 0.3 is 0 Å². The van der Waals surface area contributed by atoms with Crippen LogP contribution in [0, 0.1) is 0 Å². The van der Waals surface area contributed by atoms with Gasteiger partial charge in [-0.2, -0.15) is 9.40 Å². The van der Waals surface area contributed by atoms with Crippen LogP contribution >= 0.6 is 0 Å². The minimum atomic E-state index is -3.58. The standard InChI is InChI=1S/C19H25N3O4S/c1-25-17-6-4-15(5-7-17)19-3-2-10-22(19)27(23,24)18-13-20-21(14-18)16-8-11-26-12-9-16/h4-7,13-14,16,19H,2-3,8-12H2,1H3/t19-/m0/s1. The van der Waals surface area contributed by atoms with E-state index in [0.29, 0.717) is 19.8 Å². The van der Waals surface area contributed by atoms with Gasteiger partial charge in [0.2, 0.25) is 10.0 Å². The van der Waals surface area contributed by atoms with Gasteiger partial charge in [-0.05, 0) is 43.4 Å². The van der Waals surface area contributed by atoms with Crippen molar-refractivity contribution in [2.75, 3.05) is 26.9 Å². The Kier molecular flexibility index (Phi) is 5.21. The van der Waals surface area contributed by atoms with E-state index in [-0.39, 0.29) is 17.0 Å². The zero-order valence-electron chi connectivity index (χ0n) is 15.5. The Morgan fingerprint density at radius 2 is 1.89 bits per heavy atom. The van der Waals surface area contributed by atoms with Crippen molar-refractivity contribution in [1.29, 1.82) is 0 Å². The molecule has 2 aromatic rings. The van der Waals surface area contributed by atoms with Crippen LogP contribution in [-0.4, -0.2) is 49.4 Å². The van der Waals surface area contributed by atoms with Gasteiger partial charge in [0.15, 0.2) is 0 Å². The summed E-state index contributed by atoms with van der Waals surface area (Å²) in [5.41, 5.74) is 0.994. The molecule has 0 unspecified atom stereocenters. The third-order valence-corrected chi connectivity index (χ3v) is 7.31. The monoisotopic (exact) mass is 391 g/mol. The van der Waals surface area contributed by atoms with Crippen molar-refractivity contribution in [1.82, 2.24) is 14.1 Å². The predicted octanol–water partition coefficient (Wildman–Crippen LogP) is 2.77. The normalized spacial score (nSPS) is 22.2. The molecule has 2 saturated heterocycles. The Hall–Kier alpha value is -1.90. The van der Waals surface area contributed by atoms with Crippen LogP contribution in [0.4, 0.5) is 0 Å². The summed E-state index contributed by atoms with van der Waals surface area (Å²) in [4.78, 5) is 0.273. The second-order valence-corrected chi connectivity index (χ2v) is 8.94. The summed E-state index contributed by atoms with van der Waals surface area (Å²) in [5.74, 6) is 0.767. The SMILES string of the molecule is COc1ccc([C@@H]2CCCN2S(=O)(=O)c2cnn(C3CCOCC3)c2)cc1. The predicted molar refractivity (Wildman–Crippen MR) is 100 cm³/mol. The molecule has 27 heavy (non-hydrogen) atoms. The van der Waals surface area contributed by atoms with Gasteiger partial charge in [-0.3, -0.25) is 4.68 Å². The van der Waals surface area contributed by atoms with Crippen molar-refractivity contribution in [2.24, 2.45) is 0 Å². The number of hydrogen-bond donors (Lipinski definition) is 0. The molecule has 2 aliphatic heterocycles. The van der Waals surface area contributed by atoms with Crippen molar-refractivity contribution in [3.63, 3.8) is 0 Å². The smallest absolute Gasteiger partial charge is 0.246 e. The van der Waals surface area contributed by atoms with Gasteiger partial charge in [-0.25, -0.2) is 8.42 Å². The fraction of sp³-hybridized carbons (Fsp3) is 0.526. The molecule has 1 atom stereocenters. The summed E-state index contributed by atoms with van der Waals surface area (Å²) in [6.45, 7) is 1.91. The van der Waals surface area contributed by atoms with Crippen molar-refractivity contribution < 1.29 is 17.9 Å².